The number of nitrogens with zero attached hydrogens (tertiary/aromatic N) is 2. The van der Waals surface area contributed by atoms with E-state index < -0.39 is 0 Å². The minimum Gasteiger partial charge on any atom is -0.463 e. The minimum atomic E-state index is -0.223. The molecule has 1 fully saturated rings. The van der Waals surface area contributed by atoms with Gasteiger partial charge in [-0.1, -0.05) is 12.5 Å². The molecule has 1 aliphatic carbocycles. The number of hydrogen-bond donors (Lipinski definition) is 2. The number of carbonyl (C=O) groups excluding carboxylic acids is 1. The van der Waals surface area contributed by atoms with Gasteiger partial charge in [0.05, 0.1) is 6.26 Å². The summed E-state index contributed by atoms with van der Waals surface area (Å²) in [5.74, 6) is 0.436. The van der Waals surface area contributed by atoms with Crippen LogP contribution in [0.2, 0.25) is 0 Å². The first kappa shape index (κ1) is 17.3. The first-order valence-corrected chi connectivity index (χ1v) is 10.0. The van der Waals surface area contributed by atoms with Gasteiger partial charge in [-0.2, -0.15) is 5.10 Å². The molecule has 0 atom stereocenters. The van der Waals surface area contributed by atoms with E-state index in [2.05, 4.69) is 32.5 Å². The summed E-state index contributed by atoms with van der Waals surface area (Å²) in [7, 11) is 0. The molecule has 0 unspecified atom stereocenters. The number of amides is 1. The van der Waals surface area contributed by atoms with E-state index in [1.54, 1.807) is 18.4 Å². The van der Waals surface area contributed by atoms with Gasteiger partial charge in [-0.25, -0.2) is 0 Å². The molecule has 6 heteroatoms. The number of furan rings is 1. The molecular weight excluding hydrogens is 352 g/mol. The molecule has 2 aliphatic rings. The Morgan fingerprint density at radius 1 is 1.14 bits per heavy atom. The van der Waals surface area contributed by atoms with Crippen LogP contribution in [0, 0.1) is 0 Å². The molecule has 1 saturated carbocycles. The van der Waals surface area contributed by atoms with Crippen molar-refractivity contribution in [3.05, 3.63) is 59.5 Å². The van der Waals surface area contributed by atoms with Crippen LogP contribution in [0.15, 0.2) is 47.1 Å². The predicted octanol–water partition coefficient (Wildman–Crippen LogP) is 3.88. The Morgan fingerprint density at radius 3 is 2.75 bits per heavy atom. The molecule has 2 N–H and O–H groups in total. The number of aromatic nitrogens is 2. The highest BCUT2D eigenvalue weighted by atomic mass is 16.3. The normalized spacial score (nSPS) is 17.6. The summed E-state index contributed by atoms with van der Waals surface area (Å²) in [5.41, 5.74) is 4.60. The van der Waals surface area contributed by atoms with Gasteiger partial charge in [0.2, 0.25) is 0 Å². The highest BCUT2D eigenvalue weighted by molar-refractivity contribution is 6.03. The summed E-state index contributed by atoms with van der Waals surface area (Å²) < 4.78 is 5.34. The van der Waals surface area contributed by atoms with Crippen molar-refractivity contribution in [3.63, 3.8) is 0 Å². The lowest BCUT2D eigenvalue weighted by molar-refractivity contribution is 0.102. The van der Waals surface area contributed by atoms with Gasteiger partial charge < -0.3 is 9.73 Å². The lowest BCUT2D eigenvalue weighted by atomic mass is 9.91. The maximum Gasteiger partial charge on any atom is 0.276 e. The van der Waals surface area contributed by atoms with Crippen LogP contribution in [0.3, 0.4) is 0 Å². The molecule has 0 radical (unpaired) electrons. The topological polar surface area (TPSA) is 74.2 Å². The Hall–Kier alpha value is -2.86. The van der Waals surface area contributed by atoms with Gasteiger partial charge in [-0.15, -0.1) is 0 Å². The summed E-state index contributed by atoms with van der Waals surface area (Å²) in [6, 6.07) is 12.4. The van der Waals surface area contributed by atoms with E-state index in [0.717, 1.165) is 37.7 Å². The van der Waals surface area contributed by atoms with Gasteiger partial charge in [-0.3, -0.25) is 14.8 Å². The molecule has 3 aromatic rings. The number of nitrogens with one attached hydrogen (secondary N) is 2. The van der Waals surface area contributed by atoms with E-state index in [1.165, 1.54) is 30.4 Å². The fourth-order valence-electron chi connectivity index (χ4n) is 4.13. The van der Waals surface area contributed by atoms with Crippen molar-refractivity contribution in [1.29, 1.82) is 0 Å². The lowest BCUT2D eigenvalue weighted by Crippen LogP contribution is -2.41. The van der Waals surface area contributed by atoms with Crippen LogP contribution in [0.5, 0.6) is 0 Å². The van der Waals surface area contributed by atoms with Crippen LogP contribution in [-0.4, -0.2) is 40.1 Å². The first-order chi connectivity index (χ1) is 13.8. The van der Waals surface area contributed by atoms with E-state index in [4.69, 9.17) is 4.42 Å². The quantitative estimate of drug-likeness (QED) is 0.725. The van der Waals surface area contributed by atoms with E-state index in [-0.39, 0.29) is 5.91 Å². The minimum absolute atomic E-state index is 0.223. The van der Waals surface area contributed by atoms with Gasteiger partial charge in [0, 0.05) is 30.9 Å². The van der Waals surface area contributed by atoms with Gasteiger partial charge in [0.15, 0.2) is 11.5 Å². The van der Waals surface area contributed by atoms with Crippen LogP contribution in [-0.2, 0) is 12.8 Å². The van der Waals surface area contributed by atoms with Crippen molar-refractivity contribution in [2.45, 2.75) is 38.1 Å². The summed E-state index contributed by atoms with van der Waals surface area (Å²) in [6.45, 7) is 2.26. The van der Waals surface area contributed by atoms with E-state index in [0.29, 0.717) is 17.1 Å². The van der Waals surface area contributed by atoms with E-state index >= 15 is 0 Å². The highest BCUT2D eigenvalue weighted by Crippen LogP contribution is 2.28. The smallest absolute Gasteiger partial charge is 0.276 e. The molecule has 3 heterocycles. The third-order valence-corrected chi connectivity index (χ3v) is 5.99. The Balaban J connectivity index is 1.27. The van der Waals surface area contributed by atoms with Gasteiger partial charge in [-0.05, 0) is 61.1 Å². The Bertz CT molecular complexity index is 972. The third-order valence-electron chi connectivity index (χ3n) is 5.99. The van der Waals surface area contributed by atoms with Crippen LogP contribution < -0.4 is 5.32 Å². The predicted molar refractivity (Wildman–Crippen MR) is 107 cm³/mol. The van der Waals surface area contributed by atoms with Crippen molar-refractivity contribution >= 4 is 11.6 Å². The molecule has 1 aromatic carbocycles. The average Bonchev–Trinajstić information content (AvgIpc) is 3.31. The van der Waals surface area contributed by atoms with Gasteiger partial charge in [0.25, 0.3) is 5.91 Å². The number of hydrogen-bond acceptors (Lipinski definition) is 4. The largest absolute Gasteiger partial charge is 0.463 e. The van der Waals surface area contributed by atoms with Gasteiger partial charge in [0.1, 0.15) is 5.69 Å². The zero-order valence-corrected chi connectivity index (χ0v) is 15.8. The van der Waals surface area contributed by atoms with E-state index in [9.17, 15) is 4.79 Å². The molecule has 28 heavy (non-hydrogen) atoms. The van der Waals surface area contributed by atoms with Crippen LogP contribution >= 0.6 is 0 Å². The zero-order chi connectivity index (χ0) is 18.9. The number of rotatable bonds is 4. The second-order valence-electron chi connectivity index (χ2n) is 7.70. The van der Waals surface area contributed by atoms with E-state index in [1.807, 2.05) is 12.1 Å². The summed E-state index contributed by atoms with van der Waals surface area (Å²) in [6.07, 6.45) is 7.80. The molecule has 6 nitrogen and oxygen atoms in total. The molecular formula is C22H24N4O2. The van der Waals surface area contributed by atoms with Gasteiger partial charge >= 0.3 is 0 Å². The molecule has 0 bridgehead atoms. The van der Waals surface area contributed by atoms with Crippen molar-refractivity contribution < 1.29 is 9.21 Å². The summed E-state index contributed by atoms with van der Waals surface area (Å²) >= 11 is 0. The maximum atomic E-state index is 12.6. The number of H-pyrrole nitrogens is 1. The number of fused-ring (bicyclic) bond motifs is 1. The Morgan fingerprint density at radius 2 is 2.00 bits per heavy atom. The fraction of sp³-hybridized carbons (Fsp3) is 0.364. The average molecular weight is 376 g/mol. The van der Waals surface area contributed by atoms with Crippen molar-refractivity contribution in [3.8, 4) is 11.5 Å². The fourth-order valence-corrected chi connectivity index (χ4v) is 4.13. The van der Waals surface area contributed by atoms with Crippen LogP contribution in [0.1, 0.15) is 40.9 Å². The molecule has 144 valence electrons. The monoisotopic (exact) mass is 376 g/mol. The zero-order valence-electron chi connectivity index (χ0n) is 15.8. The lowest BCUT2D eigenvalue weighted by Gasteiger charge is -2.36. The van der Waals surface area contributed by atoms with Crippen LogP contribution in [0.4, 0.5) is 5.69 Å². The number of anilines is 1. The molecule has 1 aliphatic heterocycles. The maximum absolute atomic E-state index is 12.6. The summed E-state index contributed by atoms with van der Waals surface area (Å²) in [5, 5.41) is 9.94. The van der Waals surface area contributed by atoms with Crippen LogP contribution in [0.25, 0.3) is 11.5 Å². The molecule has 0 spiro atoms. The highest BCUT2D eigenvalue weighted by Gasteiger charge is 2.26. The number of aromatic amines is 1. The number of carbonyl (C=O) groups is 1. The molecule has 0 saturated heterocycles. The Kier molecular flexibility index (Phi) is 4.49. The third kappa shape index (κ3) is 3.36. The second kappa shape index (κ2) is 7.28. The second-order valence-corrected chi connectivity index (χ2v) is 7.70. The SMILES string of the molecule is O=C(Nc1ccc2c(c1)CCN(C1CCC1)CC2)c1cc(-c2ccco2)[nH]n1. The Labute approximate surface area is 163 Å². The molecule has 2 aromatic heterocycles. The molecule has 1 amide bonds. The summed E-state index contributed by atoms with van der Waals surface area (Å²) in [4.78, 5) is 15.2. The first-order valence-electron chi connectivity index (χ1n) is 10.0. The van der Waals surface area contributed by atoms with Crippen molar-refractivity contribution in [1.82, 2.24) is 15.1 Å². The van der Waals surface area contributed by atoms with Crippen molar-refractivity contribution in [2.75, 3.05) is 18.4 Å². The van der Waals surface area contributed by atoms with Crippen molar-refractivity contribution in [2.24, 2.45) is 0 Å². The standard InChI is InChI=1S/C22H24N4O2/c27-22(20-14-19(24-25-20)21-5-2-12-28-21)23-17-7-6-15-8-10-26(18-3-1-4-18)11-9-16(15)13-17/h2,5-7,12-14,18H,1,3-4,8-11H2,(H,23,27)(H,24,25). The number of benzene rings is 1. The molecule has 5 rings (SSSR count).